The smallest absolute Gasteiger partial charge is 0.261 e. The van der Waals surface area contributed by atoms with E-state index in [0.717, 1.165) is 39.2 Å². The fourth-order valence-electron chi connectivity index (χ4n) is 2.27. The van der Waals surface area contributed by atoms with E-state index in [0.29, 0.717) is 6.54 Å². The third-order valence-electron chi connectivity index (χ3n) is 3.55. The highest BCUT2D eigenvalue weighted by molar-refractivity contribution is 7.29. The predicted octanol–water partition coefficient (Wildman–Crippen LogP) is 2.83. The number of fused-ring (bicyclic) bond motifs is 1. The fourth-order valence-corrected chi connectivity index (χ4v) is 4.52. The third-order valence-corrected chi connectivity index (χ3v) is 5.77. The summed E-state index contributed by atoms with van der Waals surface area (Å²) in [5, 5.41) is 3.97. The van der Waals surface area contributed by atoms with E-state index in [-0.39, 0.29) is 5.91 Å². The minimum atomic E-state index is -0.0373. The Morgan fingerprint density at radius 3 is 2.83 bits per heavy atom. The number of imidazole rings is 1. The van der Waals surface area contributed by atoms with Gasteiger partial charge in [-0.3, -0.25) is 4.79 Å². The number of anilines is 1. The van der Waals surface area contributed by atoms with Gasteiger partial charge in [-0.1, -0.05) is 11.3 Å². The zero-order valence-corrected chi connectivity index (χ0v) is 14.8. The van der Waals surface area contributed by atoms with Crippen LogP contribution < -0.4 is 10.2 Å². The Morgan fingerprint density at radius 1 is 1.35 bits per heavy atom. The zero-order valence-electron chi connectivity index (χ0n) is 13.2. The Kier molecular flexibility index (Phi) is 4.92. The van der Waals surface area contributed by atoms with E-state index in [9.17, 15) is 4.79 Å². The second kappa shape index (κ2) is 7.10. The van der Waals surface area contributed by atoms with E-state index in [4.69, 9.17) is 0 Å². The van der Waals surface area contributed by atoms with Crippen molar-refractivity contribution in [2.75, 3.05) is 24.5 Å². The number of nitrogens with zero attached hydrogens (tertiary/aromatic N) is 4. The molecule has 0 aromatic carbocycles. The van der Waals surface area contributed by atoms with E-state index in [1.165, 1.54) is 11.3 Å². The maximum atomic E-state index is 12.2. The lowest BCUT2D eigenvalue weighted by Crippen LogP contribution is -2.26. The lowest BCUT2D eigenvalue weighted by molar-refractivity contribution is 0.0956. The van der Waals surface area contributed by atoms with Crippen molar-refractivity contribution >= 4 is 43.2 Å². The molecular weight excluding hydrogens is 330 g/mol. The summed E-state index contributed by atoms with van der Waals surface area (Å²) < 4.78 is 3.02. The molecule has 0 radical (unpaired) electrons. The van der Waals surface area contributed by atoms with E-state index in [2.05, 4.69) is 34.0 Å². The van der Waals surface area contributed by atoms with Crippen molar-refractivity contribution in [3.05, 3.63) is 29.7 Å². The number of thiophene rings is 1. The number of hydrogen-bond acceptors (Lipinski definition) is 6. The molecule has 3 aromatic rings. The molecule has 0 aliphatic rings. The van der Waals surface area contributed by atoms with Gasteiger partial charge < -0.3 is 14.8 Å². The van der Waals surface area contributed by atoms with E-state index in [1.807, 2.05) is 16.8 Å². The highest BCUT2D eigenvalue weighted by Gasteiger charge is 2.15. The molecule has 0 bridgehead atoms. The summed E-state index contributed by atoms with van der Waals surface area (Å²) in [5.74, 6) is -0.0373. The Hall–Kier alpha value is -1.93. The van der Waals surface area contributed by atoms with Gasteiger partial charge in [0.1, 0.15) is 4.83 Å². The van der Waals surface area contributed by atoms with Gasteiger partial charge in [0.05, 0.1) is 15.9 Å². The minimum Gasteiger partial charge on any atom is -0.350 e. The second-order valence-corrected chi connectivity index (χ2v) is 7.04. The molecule has 3 rings (SSSR count). The molecule has 6 nitrogen and oxygen atoms in total. The summed E-state index contributed by atoms with van der Waals surface area (Å²) in [6.07, 6.45) is 5.35. The van der Waals surface area contributed by atoms with Crippen molar-refractivity contribution in [2.45, 2.75) is 20.4 Å². The number of carbonyl (C=O) groups excluding carboxylic acids is 1. The molecule has 0 aliphatic heterocycles. The van der Waals surface area contributed by atoms with Gasteiger partial charge in [0.15, 0.2) is 5.13 Å². The molecule has 0 aliphatic carbocycles. The van der Waals surface area contributed by atoms with Crippen molar-refractivity contribution in [1.29, 1.82) is 0 Å². The highest BCUT2D eigenvalue weighted by Crippen LogP contribution is 2.34. The summed E-state index contributed by atoms with van der Waals surface area (Å²) in [6.45, 7) is 7.43. The molecule has 1 amide bonds. The molecule has 1 N–H and O–H groups in total. The van der Waals surface area contributed by atoms with Gasteiger partial charge in [-0.15, -0.1) is 11.3 Å². The van der Waals surface area contributed by atoms with Crippen LogP contribution in [0.15, 0.2) is 24.8 Å². The van der Waals surface area contributed by atoms with E-state index < -0.39 is 0 Å². The topological polar surface area (TPSA) is 63.1 Å². The normalized spacial score (nSPS) is 11.0. The molecule has 0 atom stereocenters. The molecule has 0 spiro atoms. The Bertz CT molecular complexity index is 742. The van der Waals surface area contributed by atoms with Crippen molar-refractivity contribution < 1.29 is 4.79 Å². The minimum absolute atomic E-state index is 0.0373. The lowest BCUT2D eigenvalue weighted by Gasteiger charge is -2.16. The van der Waals surface area contributed by atoms with Gasteiger partial charge in [0.25, 0.3) is 5.91 Å². The van der Waals surface area contributed by atoms with E-state index in [1.54, 1.807) is 23.9 Å². The third kappa shape index (κ3) is 3.53. The number of aromatic nitrogens is 3. The van der Waals surface area contributed by atoms with Crippen molar-refractivity contribution in [1.82, 2.24) is 19.9 Å². The molecular formula is C15H19N5OS2. The van der Waals surface area contributed by atoms with Crippen LogP contribution in [0, 0.1) is 0 Å². The van der Waals surface area contributed by atoms with Gasteiger partial charge in [-0.25, -0.2) is 9.97 Å². The van der Waals surface area contributed by atoms with Crippen LogP contribution in [0.2, 0.25) is 0 Å². The summed E-state index contributed by atoms with van der Waals surface area (Å²) >= 11 is 3.10. The molecule has 3 heterocycles. The quantitative estimate of drug-likeness (QED) is 0.712. The van der Waals surface area contributed by atoms with Crippen LogP contribution in [0.5, 0.6) is 0 Å². The first-order chi connectivity index (χ1) is 11.2. The van der Waals surface area contributed by atoms with Crippen LogP contribution in [0.1, 0.15) is 23.5 Å². The van der Waals surface area contributed by atoms with Gasteiger partial charge >= 0.3 is 0 Å². The first-order valence-corrected chi connectivity index (χ1v) is 9.23. The highest BCUT2D eigenvalue weighted by atomic mass is 32.1. The summed E-state index contributed by atoms with van der Waals surface area (Å²) in [7, 11) is 0. The Balaban J connectivity index is 1.63. The van der Waals surface area contributed by atoms with Crippen LogP contribution in [-0.4, -0.2) is 40.1 Å². The molecule has 0 unspecified atom stereocenters. The second-order valence-electron chi connectivity index (χ2n) is 5.01. The predicted molar refractivity (Wildman–Crippen MR) is 95.6 cm³/mol. The summed E-state index contributed by atoms with van der Waals surface area (Å²) in [5.41, 5.74) is 0. The average molecular weight is 349 g/mol. The molecule has 122 valence electrons. The van der Waals surface area contributed by atoms with Crippen LogP contribution in [0.25, 0.3) is 9.53 Å². The number of hydrogen-bond donors (Lipinski definition) is 1. The van der Waals surface area contributed by atoms with Crippen molar-refractivity contribution in [2.24, 2.45) is 0 Å². The first kappa shape index (κ1) is 15.9. The lowest BCUT2D eigenvalue weighted by atomic mass is 10.4. The Labute approximate surface area is 142 Å². The van der Waals surface area contributed by atoms with Gasteiger partial charge in [0, 0.05) is 38.6 Å². The monoisotopic (exact) mass is 349 g/mol. The molecule has 0 saturated heterocycles. The molecule has 23 heavy (non-hydrogen) atoms. The summed E-state index contributed by atoms with van der Waals surface area (Å²) in [4.78, 5) is 24.7. The SMILES string of the molecule is CCN(CC)c1nc2sc(C(=O)NCCn3ccnc3)cc2s1. The number of thiazole rings is 1. The first-order valence-electron chi connectivity index (χ1n) is 7.60. The van der Waals surface area contributed by atoms with Crippen molar-refractivity contribution in [3.8, 4) is 0 Å². The molecule has 0 saturated carbocycles. The fraction of sp³-hybridized carbons (Fsp3) is 0.400. The maximum Gasteiger partial charge on any atom is 0.261 e. The number of carbonyl (C=O) groups is 1. The van der Waals surface area contributed by atoms with Gasteiger partial charge in [0.2, 0.25) is 0 Å². The maximum absolute atomic E-state index is 12.2. The van der Waals surface area contributed by atoms with Crippen LogP contribution >= 0.6 is 22.7 Å². The van der Waals surface area contributed by atoms with E-state index >= 15 is 0 Å². The van der Waals surface area contributed by atoms with Gasteiger partial charge in [-0.05, 0) is 19.9 Å². The number of amides is 1. The molecule has 3 aromatic heterocycles. The largest absolute Gasteiger partial charge is 0.350 e. The van der Waals surface area contributed by atoms with Crippen LogP contribution in [-0.2, 0) is 6.54 Å². The number of nitrogens with one attached hydrogen (secondary N) is 1. The standard InChI is InChI=1S/C15H19N5OS2/c1-3-20(4-2)15-18-14-12(23-15)9-11(22-14)13(21)17-6-8-19-7-5-16-10-19/h5,7,9-10H,3-4,6,8H2,1-2H3,(H,17,21). The Morgan fingerprint density at radius 2 is 2.17 bits per heavy atom. The van der Waals surface area contributed by atoms with Gasteiger partial charge in [-0.2, -0.15) is 0 Å². The summed E-state index contributed by atoms with van der Waals surface area (Å²) in [6, 6.07) is 1.94. The number of rotatable bonds is 7. The zero-order chi connectivity index (χ0) is 16.2. The molecule has 0 fully saturated rings. The van der Waals surface area contributed by atoms with Crippen LogP contribution in [0.4, 0.5) is 5.13 Å². The molecule has 8 heteroatoms. The van der Waals surface area contributed by atoms with Crippen molar-refractivity contribution in [3.63, 3.8) is 0 Å². The average Bonchev–Trinajstić information content (AvgIpc) is 3.24. The van der Waals surface area contributed by atoms with Crippen LogP contribution in [0.3, 0.4) is 0 Å².